The molecule has 0 aliphatic heterocycles. The molecule has 0 saturated heterocycles. The maximum Gasteiger partial charge on any atom is 0.244 e. The average Bonchev–Trinajstić information content (AvgIpc) is 2.34. The van der Waals surface area contributed by atoms with Gasteiger partial charge in [0.15, 0.2) is 5.78 Å². The molecule has 0 bridgehead atoms. The van der Waals surface area contributed by atoms with Gasteiger partial charge in [0.1, 0.15) is 0 Å². The van der Waals surface area contributed by atoms with Gasteiger partial charge in [0.2, 0.25) is 5.91 Å². The van der Waals surface area contributed by atoms with Crippen LogP contribution >= 0.6 is 0 Å². The molecule has 0 radical (unpaired) electrons. The summed E-state index contributed by atoms with van der Waals surface area (Å²) in [7, 11) is 0. The monoisotopic (exact) mass is 271 g/mol. The van der Waals surface area contributed by atoms with E-state index in [1.165, 1.54) is 12.2 Å². The minimum Gasteiger partial charge on any atom is -0.377 e. The van der Waals surface area contributed by atoms with Crippen LogP contribution in [0.1, 0.15) is 27.7 Å². The summed E-state index contributed by atoms with van der Waals surface area (Å²) in [6, 6.07) is 0. The molecule has 0 saturated carbocycles. The number of allylic oxidation sites excluding steroid dienone is 1. The Bertz CT molecular complexity index is 298. The van der Waals surface area contributed by atoms with E-state index in [-0.39, 0.29) is 23.7 Å². The van der Waals surface area contributed by atoms with Crippen LogP contribution in [0.2, 0.25) is 0 Å². The highest BCUT2D eigenvalue weighted by atomic mass is 16.5. The molecule has 19 heavy (non-hydrogen) atoms. The number of nitrogens with one attached hydrogen (secondary N) is 1. The molecule has 0 aromatic carbocycles. The van der Waals surface area contributed by atoms with Crippen LogP contribution in [0.25, 0.3) is 0 Å². The molecule has 5 heteroatoms. The van der Waals surface area contributed by atoms with E-state index in [1.807, 2.05) is 13.8 Å². The molecule has 0 heterocycles. The highest BCUT2D eigenvalue weighted by Crippen LogP contribution is 1.94. The predicted molar refractivity (Wildman–Crippen MR) is 73.9 cm³/mol. The fourth-order valence-electron chi connectivity index (χ4n) is 1.10. The lowest BCUT2D eigenvalue weighted by atomic mass is 10.1. The molecule has 5 nitrogen and oxygen atoms in total. The van der Waals surface area contributed by atoms with Gasteiger partial charge in [-0.2, -0.15) is 0 Å². The molecule has 0 unspecified atom stereocenters. The van der Waals surface area contributed by atoms with Crippen molar-refractivity contribution in [1.82, 2.24) is 5.32 Å². The third-order valence-electron chi connectivity index (χ3n) is 2.19. The Kier molecular flexibility index (Phi) is 10.0. The van der Waals surface area contributed by atoms with Crippen LogP contribution in [0.5, 0.6) is 0 Å². The Hall–Kier alpha value is -1.20. The summed E-state index contributed by atoms with van der Waals surface area (Å²) in [5, 5.41) is 2.63. The quantitative estimate of drug-likeness (QED) is 0.481. The van der Waals surface area contributed by atoms with Gasteiger partial charge >= 0.3 is 0 Å². The largest absolute Gasteiger partial charge is 0.377 e. The van der Waals surface area contributed by atoms with Crippen molar-refractivity contribution in [1.29, 1.82) is 0 Å². The van der Waals surface area contributed by atoms with Crippen molar-refractivity contribution in [3.8, 4) is 0 Å². The number of hydrogen-bond donors (Lipinski definition) is 1. The van der Waals surface area contributed by atoms with Crippen LogP contribution in [0.3, 0.4) is 0 Å². The Labute approximate surface area is 115 Å². The van der Waals surface area contributed by atoms with Gasteiger partial charge in [-0.3, -0.25) is 9.59 Å². The Balaban J connectivity index is 3.51. The first-order valence-corrected chi connectivity index (χ1v) is 6.62. The third-order valence-corrected chi connectivity index (χ3v) is 2.19. The van der Waals surface area contributed by atoms with Gasteiger partial charge in [0.25, 0.3) is 0 Å². The SMILES string of the molecule is CC(C)OCCOCCNC(=O)/C=C/C(=O)C(C)C. The molecule has 1 N–H and O–H groups in total. The van der Waals surface area contributed by atoms with Crippen LogP contribution in [-0.2, 0) is 19.1 Å². The van der Waals surface area contributed by atoms with Crippen LogP contribution in [0.15, 0.2) is 12.2 Å². The summed E-state index contributed by atoms with van der Waals surface area (Å²) < 4.78 is 10.6. The van der Waals surface area contributed by atoms with Crippen molar-refractivity contribution < 1.29 is 19.1 Å². The molecule has 0 rings (SSSR count). The van der Waals surface area contributed by atoms with Crippen molar-refractivity contribution in [2.24, 2.45) is 5.92 Å². The average molecular weight is 271 g/mol. The predicted octanol–water partition coefficient (Wildman–Crippen LogP) is 1.33. The number of hydrogen-bond acceptors (Lipinski definition) is 4. The van der Waals surface area contributed by atoms with E-state index in [1.54, 1.807) is 13.8 Å². The summed E-state index contributed by atoms with van der Waals surface area (Å²) in [5.41, 5.74) is 0. The summed E-state index contributed by atoms with van der Waals surface area (Å²) in [5.74, 6) is -0.429. The van der Waals surface area contributed by atoms with E-state index in [0.717, 1.165) is 0 Å². The van der Waals surface area contributed by atoms with E-state index >= 15 is 0 Å². The molecule has 0 aliphatic carbocycles. The summed E-state index contributed by atoms with van der Waals surface area (Å²) in [6.07, 6.45) is 2.76. The molecule has 0 aromatic heterocycles. The Morgan fingerprint density at radius 2 is 1.74 bits per heavy atom. The zero-order valence-corrected chi connectivity index (χ0v) is 12.3. The van der Waals surface area contributed by atoms with Crippen molar-refractivity contribution >= 4 is 11.7 Å². The second-order valence-electron chi connectivity index (χ2n) is 4.71. The van der Waals surface area contributed by atoms with Gasteiger partial charge in [-0.1, -0.05) is 13.8 Å². The molecule has 1 amide bonds. The first-order chi connectivity index (χ1) is 8.93. The molecule has 0 atom stereocenters. The zero-order chi connectivity index (χ0) is 14.7. The molecule has 0 aliphatic rings. The minimum atomic E-state index is -0.281. The van der Waals surface area contributed by atoms with Crippen LogP contribution in [0, 0.1) is 5.92 Å². The zero-order valence-electron chi connectivity index (χ0n) is 12.3. The fourth-order valence-corrected chi connectivity index (χ4v) is 1.10. The van der Waals surface area contributed by atoms with Gasteiger partial charge in [0, 0.05) is 18.5 Å². The van der Waals surface area contributed by atoms with Crippen molar-refractivity contribution in [2.75, 3.05) is 26.4 Å². The van der Waals surface area contributed by atoms with Crippen molar-refractivity contribution in [3.63, 3.8) is 0 Å². The summed E-state index contributed by atoms with van der Waals surface area (Å²) in [4.78, 5) is 22.6. The van der Waals surface area contributed by atoms with Crippen LogP contribution < -0.4 is 5.32 Å². The van der Waals surface area contributed by atoms with E-state index in [2.05, 4.69) is 5.32 Å². The highest BCUT2D eigenvalue weighted by Gasteiger charge is 2.03. The molecular formula is C14H25NO4. The lowest BCUT2D eigenvalue weighted by molar-refractivity contribution is -0.119. The molecule has 0 spiro atoms. The molecule has 110 valence electrons. The Morgan fingerprint density at radius 3 is 2.32 bits per heavy atom. The van der Waals surface area contributed by atoms with Crippen molar-refractivity contribution in [2.45, 2.75) is 33.8 Å². The van der Waals surface area contributed by atoms with E-state index in [4.69, 9.17) is 9.47 Å². The first kappa shape index (κ1) is 17.8. The van der Waals surface area contributed by atoms with Crippen LogP contribution in [0.4, 0.5) is 0 Å². The first-order valence-electron chi connectivity index (χ1n) is 6.62. The number of rotatable bonds is 10. The van der Waals surface area contributed by atoms with Gasteiger partial charge < -0.3 is 14.8 Å². The second-order valence-corrected chi connectivity index (χ2v) is 4.71. The normalized spacial score (nSPS) is 11.5. The highest BCUT2D eigenvalue weighted by molar-refractivity contribution is 5.98. The lowest BCUT2D eigenvalue weighted by Crippen LogP contribution is -2.26. The minimum absolute atomic E-state index is 0.0581. The Morgan fingerprint density at radius 1 is 1.05 bits per heavy atom. The number of carbonyl (C=O) groups excluding carboxylic acids is 2. The number of carbonyl (C=O) groups is 2. The number of ether oxygens (including phenoxy) is 2. The van der Waals surface area contributed by atoms with Crippen LogP contribution in [-0.4, -0.2) is 44.2 Å². The number of amides is 1. The smallest absolute Gasteiger partial charge is 0.244 e. The standard InChI is InChI=1S/C14H25NO4/c1-11(2)13(16)5-6-14(17)15-7-8-18-9-10-19-12(3)4/h5-6,11-12H,7-10H2,1-4H3,(H,15,17)/b6-5+. The fraction of sp³-hybridized carbons (Fsp3) is 0.714. The van der Waals surface area contributed by atoms with Gasteiger partial charge in [-0.15, -0.1) is 0 Å². The van der Waals surface area contributed by atoms with E-state index in [9.17, 15) is 9.59 Å². The van der Waals surface area contributed by atoms with E-state index in [0.29, 0.717) is 26.4 Å². The second kappa shape index (κ2) is 10.7. The number of ketones is 1. The maximum atomic E-state index is 11.3. The molecular weight excluding hydrogens is 246 g/mol. The van der Waals surface area contributed by atoms with Gasteiger partial charge in [0.05, 0.1) is 25.9 Å². The lowest BCUT2D eigenvalue weighted by Gasteiger charge is -2.08. The maximum absolute atomic E-state index is 11.3. The topological polar surface area (TPSA) is 64.6 Å². The molecule has 0 fully saturated rings. The summed E-state index contributed by atoms with van der Waals surface area (Å²) in [6.45, 7) is 9.41. The molecule has 0 aromatic rings. The van der Waals surface area contributed by atoms with Crippen molar-refractivity contribution in [3.05, 3.63) is 12.2 Å². The summed E-state index contributed by atoms with van der Waals surface area (Å²) >= 11 is 0. The van der Waals surface area contributed by atoms with E-state index < -0.39 is 0 Å². The van der Waals surface area contributed by atoms with Gasteiger partial charge in [-0.25, -0.2) is 0 Å². The third kappa shape index (κ3) is 11.6. The van der Waals surface area contributed by atoms with Gasteiger partial charge in [-0.05, 0) is 19.9 Å².